The van der Waals surface area contributed by atoms with E-state index < -0.39 is 0 Å². The maximum atomic E-state index is 5.29. The van der Waals surface area contributed by atoms with Crippen LogP contribution in [0.2, 0.25) is 0 Å². The molecule has 0 aliphatic carbocycles. The molecule has 0 unspecified atom stereocenters. The Labute approximate surface area is 167 Å². The van der Waals surface area contributed by atoms with Gasteiger partial charge in [0, 0.05) is 24.8 Å². The van der Waals surface area contributed by atoms with E-state index in [1.807, 2.05) is 25.1 Å². The fourth-order valence-corrected chi connectivity index (χ4v) is 3.22. The van der Waals surface area contributed by atoms with Crippen molar-refractivity contribution in [1.29, 1.82) is 0 Å². The molecule has 146 valence electrons. The zero-order valence-electron chi connectivity index (χ0n) is 17.1. The molecule has 0 saturated carbocycles. The van der Waals surface area contributed by atoms with Gasteiger partial charge in [-0.05, 0) is 62.6 Å². The maximum absolute atomic E-state index is 5.29. The lowest BCUT2D eigenvalue weighted by molar-refractivity contribution is 0.414. The van der Waals surface area contributed by atoms with Gasteiger partial charge in [0.25, 0.3) is 0 Å². The molecular formula is C23H28N4O. The second-order valence-corrected chi connectivity index (χ2v) is 6.77. The predicted octanol–water partition coefficient (Wildman–Crippen LogP) is 4.91. The number of methoxy groups -OCH3 is 1. The Bertz CT molecular complexity index is 926. The molecule has 0 saturated heterocycles. The molecule has 1 N–H and O–H groups in total. The number of benzene rings is 2. The van der Waals surface area contributed by atoms with Crippen LogP contribution in [0.5, 0.6) is 5.75 Å². The van der Waals surface area contributed by atoms with E-state index in [4.69, 9.17) is 4.74 Å². The van der Waals surface area contributed by atoms with Crippen molar-refractivity contribution in [1.82, 2.24) is 9.97 Å². The number of nitrogens with one attached hydrogen (secondary N) is 1. The first-order valence-corrected chi connectivity index (χ1v) is 9.65. The molecule has 1 aromatic heterocycles. The minimum atomic E-state index is 0.757. The lowest BCUT2D eigenvalue weighted by Crippen LogP contribution is -2.19. The Morgan fingerprint density at radius 1 is 1.00 bits per heavy atom. The number of nitrogens with zero attached hydrogens (tertiary/aromatic N) is 3. The van der Waals surface area contributed by atoms with Gasteiger partial charge in [0.1, 0.15) is 23.2 Å². The number of rotatable bonds is 8. The van der Waals surface area contributed by atoms with Gasteiger partial charge >= 0.3 is 0 Å². The van der Waals surface area contributed by atoms with E-state index in [-0.39, 0.29) is 0 Å². The SMILES string of the molecule is CCN(c1cccc(C)c1)c1cc(NCCc2cccc(OC)c2)nc(C)n1. The Morgan fingerprint density at radius 2 is 1.82 bits per heavy atom. The van der Waals surface area contributed by atoms with Gasteiger partial charge in [0.05, 0.1) is 7.11 Å². The van der Waals surface area contributed by atoms with Gasteiger partial charge in [-0.25, -0.2) is 9.97 Å². The van der Waals surface area contributed by atoms with Crippen molar-refractivity contribution in [2.75, 3.05) is 30.4 Å². The van der Waals surface area contributed by atoms with Crippen LogP contribution >= 0.6 is 0 Å². The molecule has 28 heavy (non-hydrogen) atoms. The molecule has 5 nitrogen and oxygen atoms in total. The highest BCUT2D eigenvalue weighted by atomic mass is 16.5. The highest BCUT2D eigenvalue weighted by molar-refractivity contribution is 5.63. The van der Waals surface area contributed by atoms with Gasteiger partial charge in [-0.2, -0.15) is 0 Å². The maximum Gasteiger partial charge on any atom is 0.138 e. The van der Waals surface area contributed by atoms with E-state index in [9.17, 15) is 0 Å². The van der Waals surface area contributed by atoms with Crippen LogP contribution in [-0.4, -0.2) is 30.2 Å². The van der Waals surface area contributed by atoms with Crippen LogP contribution in [0.1, 0.15) is 23.9 Å². The van der Waals surface area contributed by atoms with Gasteiger partial charge in [-0.3, -0.25) is 0 Å². The van der Waals surface area contributed by atoms with Crippen molar-refractivity contribution >= 4 is 17.3 Å². The summed E-state index contributed by atoms with van der Waals surface area (Å²) < 4.78 is 5.29. The molecule has 5 heteroatoms. The number of aryl methyl sites for hydroxylation is 2. The number of aromatic nitrogens is 2. The molecule has 0 aliphatic heterocycles. The Balaban J connectivity index is 1.73. The highest BCUT2D eigenvalue weighted by Gasteiger charge is 2.11. The van der Waals surface area contributed by atoms with Crippen molar-refractivity contribution in [3.8, 4) is 5.75 Å². The quantitative estimate of drug-likeness (QED) is 0.605. The summed E-state index contributed by atoms with van der Waals surface area (Å²) in [4.78, 5) is 11.4. The number of anilines is 3. The number of ether oxygens (including phenoxy) is 1. The lowest BCUT2D eigenvalue weighted by atomic mass is 10.1. The monoisotopic (exact) mass is 376 g/mol. The normalized spacial score (nSPS) is 10.6. The average molecular weight is 377 g/mol. The predicted molar refractivity (Wildman–Crippen MR) is 116 cm³/mol. The van der Waals surface area contributed by atoms with Gasteiger partial charge in [-0.15, -0.1) is 0 Å². The third-order valence-corrected chi connectivity index (χ3v) is 4.58. The summed E-state index contributed by atoms with van der Waals surface area (Å²) in [5.41, 5.74) is 3.61. The van der Waals surface area contributed by atoms with E-state index in [0.717, 1.165) is 48.4 Å². The largest absolute Gasteiger partial charge is 0.497 e. The average Bonchev–Trinajstić information content (AvgIpc) is 2.68. The second-order valence-electron chi connectivity index (χ2n) is 6.77. The summed E-state index contributed by atoms with van der Waals surface area (Å²) in [6.45, 7) is 7.80. The lowest BCUT2D eigenvalue weighted by Gasteiger charge is -2.23. The Hall–Kier alpha value is -3.08. The summed E-state index contributed by atoms with van der Waals surface area (Å²) >= 11 is 0. The molecule has 0 amide bonds. The fourth-order valence-electron chi connectivity index (χ4n) is 3.22. The minimum Gasteiger partial charge on any atom is -0.497 e. The third kappa shape index (κ3) is 5.00. The topological polar surface area (TPSA) is 50.3 Å². The minimum absolute atomic E-state index is 0.757. The first kappa shape index (κ1) is 19.7. The molecule has 3 aromatic rings. The third-order valence-electron chi connectivity index (χ3n) is 4.58. The first-order valence-electron chi connectivity index (χ1n) is 9.65. The van der Waals surface area contributed by atoms with Crippen LogP contribution in [0, 0.1) is 13.8 Å². The molecule has 0 fully saturated rings. The van der Waals surface area contributed by atoms with Gasteiger partial charge < -0.3 is 15.0 Å². The molecule has 3 rings (SSSR count). The van der Waals surface area contributed by atoms with Gasteiger partial charge in [-0.1, -0.05) is 24.3 Å². The molecule has 0 bridgehead atoms. The summed E-state index contributed by atoms with van der Waals surface area (Å²) in [5, 5.41) is 3.44. The van der Waals surface area contributed by atoms with Crippen LogP contribution in [0.15, 0.2) is 54.6 Å². The molecule has 0 spiro atoms. The van der Waals surface area contributed by atoms with E-state index in [0.29, 0.717) is 0 Å². The highest BCUT2D eigenvalue weighted by Crippen LogP contribution is 2.26. The molecule has 0 aliphatic rings. The summed E-state index contributed by atoms with van der Waals surface area (Å²) in [6.07, 6.45) is 0.894. The van der Waals surface area contributed by atoms with Crippen molar-refractivity contribution in [3.05, 3.63) is 71.5 Å². The van der Waals surface area contributed by atoms with E-state index in [2.05, 4.69) is 70.4 Å². The zero-order chi connectivity index (χ0) is 19.9. The van der Waals surface area contributed by atoms with Crippen LogP contribution in [-0.2, 0) is 6.42 Å². The zero-order valence-corrected chi connectivity index (χ0v) is 17.1. The van der Waals surface area contributed by atoms with Crippen molar-refractivity contribution < 1.29 is 4.74 Å². The van der Waals surface area contributed by atoms with Crippen LogP contribution in [0.3, 0.4) is 0 Å². The fraction of sp³-hybridized carbons (Fsp3) is 0.304. The van der Waals surface area contributed by atoms with Crippen LogP contribution in [0.25, 0.3) is 0 Å². The van der Waals surface area contributed by atoms with Crippen molar-refractivity contribution in [3.63, 3.8) is 0 Å². The smallest absolute Gasteiger partial charge is 0.138 e. The Kier molecular flexibility index (Phi) is 6.48. The molecule has 2 aromatic carbocycles. The molecular weight excluding hydrogens is 348 g/mol. The van der Waals surface area contributed by atoms with Gasteiger partial charge in [0.2, 0.25) is 0 Å². The molecule has 0 atom stereocenters. The van der Waals surface area contributed by atoms with Crippen molar-refractivity contribution in [2.45, 2.75) is 27.2 Å². The summed E-state index contributed by atoms with van der Waals surface area (Å²) in [7, 11) is 1.69. The summed E-state index contributed by atoms with van der Waals surface area (Å²) in [5.74, 6) is 3.39. The standard InChI is InChI=1S/C23H28N4O/c1-5-27(20-10-6-8-17(2)14-20)23-16-22(25-18(3)26-23)24-13-12-19-9-7-11-21(15-19)28-4/h6-11,14-16H,5,12-13H2,1-4H3,(H,24,25,26). The van der Waals surface area contributed by atoms with Crippen molar-refractivity contribution in [2.24, 2.45) is 0 Å². The number of hydrogen-bond acceptors (Lipinski definition) is 5. The second kappa shape index (κ2) is 9.22. The van der Waals surface area contributed by atoms with Gasteiger partial charge in [0.15, 0.2) is 0 Å². The molecule has 0 radical (unpaired) electrons. The van der Waals surface area contributed by atoms with E-state index >= 15 is 0 Å². The number of hydrogen-bond donors (Lipinski definition) is 1. The van der Waals surface area contributed by atoms with Crippen LogP contribution in [0.4, 0.5) is 17.3 Å². The van der Waals surface area contributed by atoms with E-state index in [1.165, 1.54) is 11.1 Å². The van der Waals surface area contributed by atoms with Crippen LogP contribution < -0.4 is 15.0 Å². The molecule has 1 heterocycles. The summed E-state index contributed by atoms with van der Waals surface area (Å²) in [6, 6.07) is 18.6. The first-order chi connectivity index (χ1) is 13.6. The Morgan fingerprint density at radius 3 is 2.57 bits per heavy atom. The van der Waals surface area contributed by atoms with E-state index in [1.54, 1.807) is 7.11 Å².